The topological polar surface area (TPSA) is 101 Å². The summed E-state index contributed by atoms with van der Waals surface area (Å²) in [6.07, 6.45) is 4.16. The molecule has 2 bridgehead atoms. The zero-order chi connectivity index (χ0) is 17.8. The van der Waals surface area contributed by atoms with Gasteiger partial charge in [0.15, 0.2) is 5.41 Å². The SMILES string of the molecule is CN1[C@H]2C=C3C(C#N)=C(N)C(C#N)(C#N)[C@H](c4ccsc4)[C@H]3[C@@H]1CC2. The second-order valence-electron chi connectivity index (χ2n) is 6.99. The molecule has 25 heavy (non-hydrogen) atoms. The number of rotatable bonds is 1. The lowest BCUT2D eigenvalue weighted by Gasteiger charge is -2.48. The van der Waals surface area contributed by atoms with Crippen molar-refractivity contribution in [2.45, 2.75) is 30.8 Å². The molecule has 4 atom stereocenters. The molecule has 124 valence electrons. The Morgan fingerprint density at radius 2 is 2.04 bits per heavy atom. The van der Waals surface area contributed by atoms with Gasteiger partial charge in [-0.05, 0) is 47.9 Å². The zero-order valence-electron chi connectivity index (χ0n) is 13.8. The molecule has 0 radical (unpaired) electrons. The number of allylic oxidation sites excluding steroid dienone is 2. The third-order valence-corrected chi connectivity index (χ3v) is 6.83. The highest BCUT2D eigenvalue weighted by molar-refractivity contribution is 7.08. The lowest BCUT2D eigenvalue weighted by Crippen LogP contribution is -2.51. The molecule has 0 spiro atoms. The number of thiophene rings is 1. The van der Waals surface area contributed by atoms with Crippen LogP contribution in [0.5, 0.6) is 0 Å². The summed E-state index contributed by atoms with van der Waals surface area (Å²) in [5.41, 5.74) is 7.14. The highest BCUT2D eigenvalue weighted by atomic mass is 32.1. The molecule has 1 aromatic rings. The maximum atomic E-state index is 9.99. The molecule has 2 aliphatic heterocycles. The second-order valence-corrected chi connectivity index (χ2v) is 7.77. The predicted molar refractivity (Wildman–Crippen MR) is 93.7 cm³/mol. The minimum absolute atomic E-state index is 0.0698. The maximum absolute atomic E-state index is 9.99. The molecule has 3 aliphatic rings. The first-order chi connectivity index (χ1) is 12.1. The van der Waals surface area contributed by atoms with E-state index in [2.05, 4.69) is 36.2 Å². The number of hydrogen-bond acceptors (Lipinski definition) is 6. The van der Waals surface area contributed by atoms with Crippen LogP contribution in [0.15, 0.2) is 39.7 Å². The molecule has 1 aliphatic carbocycles. The third kappa shape index (κ3) is 1.89. The van der Waals surface area contributed by atoms with Gasteiger partial charge >= 0.3 is 0 Å². The van der Waals surface area contributed by atoms with Gasteiger partial charge in [-0.3, -0.25) is 4.90 Å². The van der Waals surface area contributed by atoms with Gasteiger partial charge in [0.25, 0.3) is 0 Å². The van der Waals surface area contributed by atoms with E-state index >= 15 is 0 Å². The molecule has 5 nitrogen and oxygen atoms in total. The lowest BCUT2D eigenvalue weighted by molar-refractivity contribution is 0.161. The first-order valence-corrected chi connectivity index (χ1v) is 9.22. The first-order valence-electron chi connectivity index (χ1n) is 8.28. The molecule has 1 fully saturated rings. The van der Waals surface area contributed by atoms with Crippen molar-refractivity contribution < 1.29 is 0 Å². The summed E-state index contributed by atoms with van der Waals surface area (Å²) in [4.78, 5) is 2.32. The van der Waals surface area contributed by atoms with E-state index in [1.165, 1.54) is 0 Å². The minimum atomic E-state index is -1.51. The van der Waals surface area contributed by atoms with Gasteiger partial charge in [-0.25, -0.2) is 0 Å². The van der Waals surface area contributed by atoms with Gasteiger partial charge in [-0.15, -0.1) is 0 Å². The van der Waals surface area contributed by atoms with Gasteiger partial charge in [0.1, 0.15) is 6.07 Å². The van der Waals surface area contributed by atoms with Crippen molar-refractivity contribution in [3.05, 3.63) is 45.3 Å². The summed E-state index contributed by atoms with van der Waals surface area (Å²) in [5, 5.41) is 33.7. The Morgan fingerprint density at radius 1 is 1.28 bits per heavy atom. The van der Waals surface area contributed by atoms with Crippen LogP contribution in [0.3, 0.4) is 0 Å². The van der Waals surface area contributed by atoms with Crippen LogP contribution in [0.1, 0.15) is 24.3 Å². The van der Waals surface area contributed by atoms with Gasteiger partial charge in [-0.2, -0.15) is 27.1 Å². The van der Waals surface area contributed by atoms with E-state index in [0.717, 1.165) is 24.0 Å². The standard InChI is InChI=1S/C19H17N5S/c1-24-12-2-3-15(24)16-13(6-12)14(7-20)18(23)19(9-21,10-22)17(16)11-4-5-25-8-11/h4-6,8,12,15-17H,2-3,23H2,1H3/t12-,15+,16-,17-/m1/s1. The normalized spacial score (nSPS) is 33.0. The number of nitriles is 3. The summed E-state index contributed by atoms with van der Waals surface area (Å²) in [6.45, 7) is 0. The number of likely N-dealkylation sites (N-methyl/N-ethyl adjacent to an activating group) is 1. The molecule has 6 heteroatoms. The molecular weight excluding hydrogens is 330 g/mol. The van der Waals surface area contributed by atoms with Crippen LogP contribution in [-0.4, -0.2) is 24.0 Å². The van der Waals surface area contributed by atoms with E-state index in [0.29, 0.717) is 11.6 Å². The average molecular weight is 347 g/mol. The Labute approximate surface area is 150 Å². The average Bonchev–Trinajstić information content (AvgIpc) is 3.21. The quantitative estimate of drug-likeness (QED) is 0.841. The fourth-order valence-corrected chi connectivity index (χ4v) is 5.61. The van der Waals surface area contributed by atoms with Crippen LogP contribution < -0.4 is 5.73 Å². The number of fused-ring (bicyclic) bond motifs is 4. The molecule has 0 amide bonds. The van der Waals surface area contributed by atoms with E-state index in [1.54, 1.807) is 11.3 Å². The van der Waals surface area contributed by atoms with Crippen molar-refractivity contribution in [1.29, 1.82) is 15.8 Å². The monoisotopic (exact) mass is 347 g/mol. The fourth-order valence-electron chi connectivity index (χ4n) is 4.91. The van der Waals surface area contributed by atoms with Crippen LogP contribution in [0, 0.1) is 45.3 Å². The highest BCUT2D eigenvalue weighted by Crippen LogP contribution is 2.58. The molecule has 1 saturated heterocycles. The fraction of sp³-hybridized carbons (Fsp3) is 0.421. The molecule has 2 N–H and O–H groups in total. The number of nitrogens with two attached hydrogens (primary N) is 1. The number of nitrogens with zero attached hydrogens (tertiary/aromatic N) is 4. The Bertz CT molecular complexity index is 891. The molecule has 4 rings (SSSR count). The largest absolute Gasteiger partial charge is 0.399 e. The minimum Gasteiger partial charge on any atom is -0.399 e. The van der Waals surface area contributed by atoms with Crippen LogP contribution >= 0.6 is 11.3 Å². The van der Waals surface area contributed by atoms with Crippen LogP contribution in [0.2, 0.25) is 0 Å². The Morgan fingerprint density at radius 3 is 2.64 bits per heavy atom. The van der Waals surface area contributed by atoms with Crippen molar-refractivity contribution in [2.75, 3.05) is 7.05 Å². The first kappa shape index (κ1) is 15.9. The van der Waals surface area contributed by atoms with E-state index < -0.39 is 5.41 Å². The molecule has 0 unspecified atom stereocenters. The Kier molecular flexibility index (Phi) is 3.48. The van der Waals surface area contributed by atoms with Gasteiger partial charge in [0.05, 0.1) is 23.4 Å². The van der Waals surface area contributed by atoms with Gasteiger partial charge in [0, 0.05) is 23.9 Å². The van der Waals surface area contributed by atoms with E-state index in [4.69, 9.17) is 5.73 Å². The van der Waals surface area contributed by atoms with Crippen molar-refractivity contribution in [2.24, 2.45) is 17.1 Å². The summed E-state index contributed by atoms with van der Waals surface area (Å²) < 4.78 is 0. The second kappa shape index (κ2) is 5.46. The highest BCUT2D eigenvalue weighted by Gasteiger charge is 2.58. The zero-order valence-corrected chi connectivity index (χ0v) is 14.6. The molecule has 3 heterocycles. The van der Waals surface area contributed by atoms with Crippen molar-refractivity contribution in [3.63, 3.8) is 0 Å². The van der Waals surface area contributed by atoms with E-state index in [-0.39, 0.29) is 23.6 Å². The van der Waals surface area contributed by atoms with Crippen LogP contribution in [-0.2, 0) is 0 Å². The van der Waals surface area contributed by atoms with E-state index in [9.17, 15) is 15.8 Å². The smallest absolute Gasteiger partial charge is 0.191 e. The van der Waals surface area contributed by atoms with Crippen LogP contribution in [0.4, 0.5) is 0 Å². The number of hydrogen-bond donors (Lipinski definition) is 1. The summed E-state index contributed by atoms with van der Waals surface area (Å²) in [5.74, 6) is -0.428. The maximum Gasteiger partial charge on any atom is 0.191 e. The Balaban J connectivity index is 2.05. The van der Waals surface area contributed by atoms with Crippen LogP contribution in [0.25, 0.3) is 0 Å². The van der Waals surface area contributed by atoms with Crippen molar-refractivity contribution in [3.8, 4) is 18.2 Å². The van der Waals surface area contributed by atoms with Gasteiger partial charge in [0.2, 0.25) is 0 Å². The molecular formula is C19H17N5S. The van der Waals surface area contributed by atoms with Gasteiger partial charge in [-0.1, -0.05) is 6.08 Å². The molecule has 0 aromatic carbocycles. The summed E-state index contributed by atoms with van der Waals surface area (Å²) in [7, 11) is 2.09. The summed E-state index contributed by atoms with van der Waals surface area (Å²) in [6, 6.07) is 9.06. The van der Waals surface area contributed by atoms with Crippen molar-refractivity contribution >= 4 is 11.3 Å². The Hall–Kier alpha value is -2.59. The third-order valence-electron chi connectivity index (χ3n) is 6.13. The van der Waals surface area contributed by atoms with Crippen molar-refractivity contribution in [1.82, 2.24) is 4.90 Å². The molecule has 0 saturated carbocycles. The molecule has 1 aromatic heterocycles. The predicted octanol–water partition coefficient (Wildman–Crippen LogP) is 2.63. The summed E-state index contributed by atoms with van der Waals surface area (Å²) >= 11 is 1.55. The van der Waals surface area contributed by atoms with Gasteiger partial charge < -0.3 is 5.73 Å². The lowest BCUT2D eigenvalue weighted by atomic mass is 9.56. The van der Waals surface area contributed by atoms with E-state index in [1.807, 2.05) is 16.8 Å².